The van der Waals surface area contributed by atoms with Crippen LogP contribution in [0.4, 0.5) is 21.0 Å². The standard InChI is InChI=1S/2C22H27N5O3.CH4/c1-4-9-24-20(28)17(23)12-25-22(30)27-19-8-6-5-7-15(19)16(21(27)29)11-18-13(2)10-14(3)26-18;1-4-9-24-20(28)18(12-23)26-22(30)27-19-8-6-5-7-15(19)16(21(27)29)11-17-13(2)10-14(3)25-17;/h5-8,10-11,17,26H,4,9,12,23H2,1-3H3,(H,24,28)(H,25,30);5-8,10-11,18,25H,4,9,12,23H2,1-3H3,(H,24,28)(H,26,30);1H4/b2*16-11-;. The Labute approximate surface area is 356 Å². The number of imide groups is 2. The van der Waals surface area contributed by atoms with Crippen LogP contribution in [0.5, 0.6) is 0 Å². The SMILES string of the molecule is C.CCCNC(=O)C(CN)NC(=O)N1C(=O)/C(=C\c2[nH]c(C)cc2C)c2ccccc21.CCCNC(=O)C(N)CNC(=O)N1C(=O)/C(=C\c2[nH]c(C)cc2C)c2ccccc21. The maximum atomic E-state index is 13.2. The number of carbonyl (C=O) groups is 6. The maximum Gasteiger partial charge on any atom is 0.329 e. The molecule has 16 heteroatoms. The summed E-state index contributed by atoms with van der Waals surface area (Å²) < 4.78 is 0. The molecule has 2 aromatic carbocycles. The van der Waals surface area contributed by atoms with E-state index in [4.69, 9.17) is 11.5 Å². The molecule has 4 aromatic rings. The van der Waals surface area contributed by atoms with Crippen LogP contribution in [-0.4, -0.2) is 83.9 Å². The molecular weight excluding hydrogens is 777 g/mol. The van der Waals surface area contributed by atoms with Gasteiger partial charge in [0.05, 0.1) is 22.5 Å². The molecule has 2 aromatic heterocycles. The summed E-state index contributed by atoms with van der Waals surface area (Å²) in [6, 6.07) is 15.0. The Kier molecular flexibility index (Phi) is 16.1. The van der Waals surface area contributed by atoms with Crippen molar-refractivity contribution < 1.29 is 28.8 Å². The molecule has 61 heavy (non-hydrogen) atoms. The first kappa shape index (κ1) is 46.9. The number of carbonyl (C=O) groups excluding carboxylic acids is 6. The van der Waals surface area contributed by atoms with E-state index in [1.807, 2.05) is 65.8 Å². The first-order valence-corrected chi connectivity index (χ1v) is 19.9. The van der Waals surface area contributed by atoms with Crippen LogP contribution in [0.25, 0.3) is 23.3 Å². The van der Waals surface area contributed by atoms with E-state index in [-0.39, 0.29) is 32.3 Å². The molecule has 324 valence electrons. The molecule has 2 aliphatic heterocycles. The fourth-order valence-corrected chi connectivity index (χ4v) is 6.82. The molecule has 0 radical (unpaired) electrons. The lowest BCUT2D eigenvalue weighted by Crippen LogP contribution is -2.55. The Balaban J connectivity index is 0.000000264. The number of hydrogen-bond donors (Lipinski definition) is 8. The molecular formula is C45H58N10O6. The molecule has 0 bridgehead atoms. The number of anilines is 2. The highest BCUT2D eigenvalue weighted by atomic mass is 16.2. The van der Waals surface area contributed by atoms with E-state index in [1.54, 1.807) is 48.6 Å². The normalized spacial score (nSPS) is 15.0. The number of urea groups is 2. The molecule has 6 rings (SSSR count). The highest BCUT2D eigenvalue weighted by Crippen LogP contribution is 2.39. The van der Waals surface area contributed by atoms with E-state index in [0.29, 0.717) is 46.7 Å². The Hall–Kier alpha value is -6.78. The van der Waals surface area contributed by atoms with E-state index in [0.717, 1.165) is 56.5 Å². The Bertz CT molecular complexity index is 2340. The van der Waals surface area contributed by atoms with Crippen LogP contribution in [-0.2, 0) is 19.2 Å². The van der Waals surface area contributed by atoms with Gasteiger partial charge in [0.25, 0.3) is 11.8 Å². The summed E-state index contributed by atoms with van der Waals surface area (Å²) in [6.07, 6.45) is 5.07. The average Bonchev–Trinajstić information content (AvgIpc) is 3.92. The number of aromatic nitrogens is 2. The number of fused-ring (bicyclic) bond motifs is 2. The summed E-state index contributed by atoms with van der Waals surface area (Å²) in [4.78, 5) is 84.8. The zero-order valence-electron chi connectivity index (χ0n) is 34.8. The predicted molar refractivity (Wildman–Crippen MR) is 240 cm³/mol. The molecule has 0 fully saturated rings. The molecule has 10 N–H and O–H groups in total. The minimum Gasteiger partial charge on any atom is -0.359 e. The molecule has 2 unspecified atom stereocenters. The summed E-state index contributed by atoms with van der Waals surface area (Å²) in [5, 5.41) is 10.6. The second kappa shape index (κ2) is 21.0. The topological polar surface area (TPSA) is 241 Å². The van der Waals surface area contributed by atoms with Crippen LogP contribution in [0, 0.1) is 27.7 Å². The number of aromatic amines is 2. The van der Waals surface area contributed by atoms with E-state index in [9.17, 15) is 28.8 Å². The number of hydrogen-bond acceptors (Lipinski definition) is 8. The van der Waals surface area contributed by atoms with Gasteiger partial charge in [-0.25, -0.2) is 19.4 Å². The predicted octanol–water partition coefficient (Wildman–Crippen LogP) is 4.80. The monoisotopic (exact) mass is 834 g/mol. The van der Waals surface area contributed by atoms with Crippen LogP contribution in [0.2, 0.25) is 0 Å². The molecule has 2 atom stereocenters. The third kappa shape index (κ3) is 10.7. The number of para-hydroxylation sites is 2. The van der Waals surface area contributed by atoms with E-state index in [1.165, 1.54) is 0 Å². The van der Waals surface area contributed by atoms with Gasteiger partial charge < -0.3 is 42.7 Å². The van der Waals surface area contributed by atoms with Crippen molar-refractivity contribution in [1.82, 2.24) is 31.2 Å². The molecule has 0 saturated carbocycles. The van der Waals surface area contributed by atoms with Crippen molar-refractivity contribution in [3.63, 3.8) is 0 Å². The van der Waals surface area contributed by atoms with Crippen molar-refractivity contribution in [3.8, 4) is 0 Å². The third-order valence-corrected chi connectivity index (χ3v) is 9.86. The van der Waals surface area contributed by atoms with Crippen LogP contribution in [0.3, 0.4) is 0 Å². The number of aryl methyl sites for hydroxylation is 4. The lowest BCUT2D eigenvalue weighted by atomic mass is 10.1. The molecule has 0 aliphatic carbocycles. The number of H-pyrrole nitrogens is 2. The average molecular weight is 835 g/mol. The zero-order valence-corrected chi connectivity index (χ0v) is 34.8. The second-order valence-electron chi connectivity index (χ2n) is 14.6. The van der Waals surface area contributed by atoms with Gasteiger partial charge in [0.15, 0.2) is 0 Å². The Morgan fingerprint density at radius 3 is 1.56 bits per heavy atom. The van der Waals surface area contributed by atoms with Crippen LogP contribution in [0.1, 0.15) is 79.1 Å². The summed E-state index contributed by atoms with van der Waals surface area (Å²) in [6.45, 7) is 12.5. The van der Waals surface area contributed by atoms with Gasteiger partial charge in [0, 0.05) is 60.1 Å². The van der Waals surface area contributed by atoms with Gasteiger partial charge in [-0.2, -0.15) is 0 Å². The molecule has 4 heterocycles. The fourth-order valence-electron chi connectivity index (χ4n) is 6.82. The van der Waals surface area contributed by atoms with Gasteiger partial charge in [0.1, 0.15) is 12.1 Å². The van der Waals surface area contributed by atoms with Gasteiger partial charge in [-0.1, -0.05) is 57.7 Å². The summed E-state index contributed by atoms with van der Waals surface area (Å²) in [5.74, 6) is -1.60. The zero-order chi connectivity index (χ0) is 43.7. The summed E-state index contributed by atoms with van der Waals surface area (Å²) in [5.41, 5.74) is 20.3. The van der Waals surface area contributed by atoms with Gasteiger partial charge in [-0.15, -0.1) is 0 Å². The van der Waals surface area contributed by atoms with Gasteiger partial charge in [0.2, 0.25) is 11.8 Å². The summed E-state index contributed by atoms with van der Waals surface area (Å²) >= 11 is 0. The minimum atomic E-state index is -0.926. The number of rotatable bonds is 12. The number of nitrogens with one attached hydrogen (secondary N) is 6. The second-order valence-corrected chi connectivity index (χ2v) is 14.6. The Morgan fingerprint density at radius 2 is 1.13 bits per heavy atom. The van der Waals surface area contributed by atoms with Crippen molar-refractivity contribution in [2.75, 3.05) is 36.0 Å². The van der Waals surface area contributed by atoms with Crippen molar-refractivity contribution in [2.45, 2.75) is 73.9 Å². The maximum absolute atomic E-state index is 13.2. The quantitative estimate of drug-likeness (QED) is 0.0921. The summed E-state index contributed by atoms with van der Waals surface area (Å²) in [7, 11) is 0. The molecule has 0 spiro atoms. The van der Waals surface area contributed by atoms with Crippen molar-refractivity contribution in [1.29, 1.82) is 0 Å². The third-order valence-electron chi connectivity index (χ3n) is 9.86. The van der Waals surface area contributed by atoms with Crippen LogP contribution >= 0.6 is 0 Å². The first-order chi connectivity index (χ1) is 28.7. The van der Waals surface area contributed by atoms with Crippen molar-refractivity contribution >= 4 is 70.4 Å². The van der Waals surface area contributed by atoms with Gasteiger partial charge in [-0.3, -0.25) is 19.2 Å². The van der Waals surface area contributed by atoms with E-state index in [2.05, 4.69) is 31.2 Å². The highest BCUT2D eigenvalue weighted by molar-refractivity contribution is 6.43. The van der Waals surface area contributed by atoms with E-state index >= 15 is 0 Å². The van der Waals surface area contributed by atoms with Crippen molar-refractivity contribution in [3.05, 3.63) is 106 Å². The minimum absolute atomic E-state index is 0. The van der Waals surface area contributed by atoms with Gasteiger partial charge >= 0.3 is 12.1 Å². The van der Waals surface area contributed by atoms with Crippen LogP contribution < -0.4 is 42.5 Å². The smallest absolute Gasteiger partial charge is 0.329 e. The lowest BCUT2D eigenvalue weighted by molar-refractivity contribution is -0.123. The number of benzene rings is 2. The first-order valence-electron chi connectivity index (χ1n) is 19.9. The molecule has 2 aliphatic rings. The van der Waals surface area contributed by atoms with Crippen LogP contribution in [0.15, 0.2) is 60.7 Å². The number of amides is 8. The fraction of sp³-hybridized carbons (Fsp3) is 0.333. The lowest BCUT2D eigenvalue weighted by Gasteiger charge is -2.21. The largest absolute Gasteiger partial charge is 0.359 e. The van der Waals surface area contributed by atoms with E-state index < -0.39 is 36.0 Å². The molecule has 8 amide bonds. The van der Waals surface area contributed by atoms with Gasteiger partial charge in [-0.05, 0) is 88.1 Å². The highest BCUT2D eigenvalue weighted by Gasteiger charge is 2.39. The molecule has 0 saturated heterocycles. The Morgan fingerprint density at radius 1 is 0.689 bits per heavy atom. The number of nitrogens with two attached hydrogens (primary N) is 2. The van der Waals surface area contributed by atoms with Crippen molar-refractivity contribution in [2.24, 2.45) is 11.5 Å². The number of nitrogens with zero attached hydrogens (tertiary/aromatic N) is 2. The molecule has 16 nitrogen and oxygen atoms in total.